The van der Waals surface area contributed by atoms with E-state index in [1.54, 1.807) is 7.05 Å². The number of ether oxygens (including phenoxy) is 1. The molecule has 174 valence electrons. The molecule has 0 bridgehead atoms. The highest BCUT2D eigenvalue weighted by atomic mass is 16.5. The number of rotatable bonds is 6. The minimum atomic E-state index is 0.278. The zero-order chi connectivity index (χ0) is 22.5. The number of hydrogen-bond donors (Lipinski definition) is 2. The van der Waals surface area contributed by atoms with Crippen LogP contribution in [0.3, 0.4) is 0 Å². The fourth-order valence-electron chi connectivity index (χ4n) is 4.41. The molecule has 2 aliphatic rings. The number of hydrogen-bond acceptors (Lipinski definition) is 5. The molecule has 0 aromatic carbocycles. The van der Waals surface area contributed by atoms with Crippen molar-refractivity contribution in [2.45, 2.75) is 90.4 Å². The first-order valence-corrected chi connectivity index (χ1v) is 12.0. The minimum absolute atomic E-state index is 0.278. The highest BCUT2D eigenvalue weighted by Gasteiger charge is 2.23. The monoisotopic (exact) mass is 439 g/mol. The van der Waals surface area contributed by atoms with Gasteiger partial charge >= 0.3 is 0 Å². The van der Waals surface area contributed by atoms with Crippen LogP contribution in [0.25, 0.3) is 0 Å². The topological polar surface area (TPSA) is 89.2 Å². The average molecular weight is 440 g/mol. The molecule has 0 spiro atoms. The molecule has 8 heteroatoms. The maximum absolute atomic E-state index is 6.15. The Hall–Kier alpha value is -2.64. The molecule has 8 nitrogen and oxygen atoms in total. The van der Waals surface area contributed by atoms with Gasteiger partial charge in [-0.25, -0.2) is 14.6 Å². The number of nitrogens with zero attached hydrogens (tertiary/aromatic N) is 5. The predicted octanol–water partition coefficient (Wildman–Crippen LogP) is 3.43. The summed E-state index contributed by atoms with van der Waals surface area (Å²) in [7, 11) is 1.81. The van der Waals surface area contributed by atoms with E-state index < -0.39 is 0 Å². The minimum Gasteiger partial charge on any atom is -0.474 e. The molecule has 3 heterocycles. The van der Waals surface area contributed by atoms with Crippen LogP contribution in [0.5, 0.6) is 5.88 Å². The number of guanidine groups is 1. The van der Waals surface area contributed by atoms with Crippen molar-refractivity contribution in [3.63, 3.8) is 0 Å². The van der Waals surface area contributed by atoms with E-state index in [1.807, 2.05) is 23.0 Å². The first-order chi connectivity index (χ1) is 15.5. The summed E-state index contributed by atoms with van der Waals surface area (Å²) in [6.45, 7) is 8.06. The van der Waals surface area contributed by atoms with Crippen LogP contribution in [-0.2, 0) is 19.5 Å². The van der Waals surface area contributed by atoms with Crippen molar-refractivity contribution in [2.75, 3.05) is 7.05 Å². The van der Waals surface area contributed by atoms with Gasteiger partial charge < -0.3 is 15.4 Å². The second-order valence-corrected chi connectivity index (χ2v) is 9.53. The summed E-state index contributed by atoms with van der Waals surface area (Å²) in [5, 5.41) is 11.6. The average Bonchev–Trinajstić information content (AvgIpc) is 3.22. The summed E-state index contributed by atoms with van der Waals surface area (Å²) in [5.41, 5.74) is 1.13. The van der Waals surface area contributed by atoms with E-state index >= 15 is 0 Å². The van der Waals surface area contributed by atoms with Gasteiger partial charge in [0.15, 0.2) is 11.8 Å². The fraction of sp³-hybridized carbons (Fsp3) is 0.667. The Bertz CT molecular complexity index is 915. The van der Waals surface area contributed by atoms with Crippen LogP contribution in [0, 0.1) is 5.92 Å². The molecule has 1 fully saturated rings. The molecule has 1 atom stereocenters. The molecule has 1 saturated carbocycles. The summed E-state index contributed by atoms with van der Waals surface area (Å²) in [6, 6.07) is 4.33. The number of aromatic nitrogens is 4. The van der Waals surface area contributed by atoms with Crippen LogP contribution in [0.1, 0.15) is 76.0 Å². The largest absolute Gasteiger partial charge is 0.474 e. The van der Waals surface area contributed by atoms with Gasteiger partial charge in [-0.1, -0.05) is 20.8 Å². The van der Waals surface area contributed by atoms with Crippen molar-refractivity contribution in [3.8, 4) is 5.88 Å². The van der Waals surface area contributed by atoms with Crippen LogP contribution >= 0.6 is 0 Å². The molecule has 2 aromatic heterocycles. The Morgan fingerprint density at radius 2 is 2.06 bits per heavy atom. The first kappa shape index (κ1) is 22.6. The molecule has 0 saturated heterocycles. The summed E-state index contributed by atoms with van der Waals surface area (Å²) in [5.74, 6) is 4.70. The SMILES string of the molecule is CN=C(NCc1ccnc(OC2CCC(C)CC2)c1)NC1CCc2nc(C(C)C)nn2C1. The molecule has 32 heavy (non-hydrogen) atoms. The summed E-state index contributed by atoms with van der Waals surface area (Å²) < 4.78 is 8.19. The third-order valence-corrected chi connectivity index (χ3v) is 6.46. The standard InChI is InChI=1S/C24H37N7O/c1-16(2)23-29-21-10-7-19(15-31(21)30-23)28-24(25-4)27-14-18-11-12-26-22(13-18)32-20-8-5-17(3)6-9-20/h11-13,16-17,19-20H,5-10,14-15H2,1-4H3,(H2,25,27,28). The van der Waals surface area contributed by atoms with E-state index in [4.69, 9.17) is 4.74 Å². The molecule has 1 unspecified atom stereocenters. The summed E-state index contributed by atoms with van der Waals surface area (Å²) in [4.78, 5) is 13.5. The molecule has 4 rings (SSSR count). The van der Waals surface area contributed by atoms with Gasteiger partial charge in [-0.2, -0.15) is 5.10 Å². The zero-order valence-electron chi connectivity index (χ0n) is 19.8. The lowest BCUT2D eigenvalue weighted by atomic mass is 9.89. The van der Waals surface area contributed by atoms with E-state index in [9.17, 15) is 0 Å². The maximum Gasteiger partial charge on any atom is 0.213 e. The van der Waals surface area contributed by atoms with Gasteiger partial charge in [0.1, 0.15) is 11.9 Å². The maximum atomic E-state index is 6.15. The molecular weight excluding hydrogens is 402 g/mol. The lowest BCUT2D eigenvalue weighted by Crippen LogP contribution is -2.46. The third kappa shape index (κ3) is 5.78. The van der Waals surface area contributed by atoms with Gasteiger partial charge in [0, 0.05) is 44.2 Å². The normalized spacial score (nSPS) is 23.7. The highest BCUT2D eigenvalue weighted by molar-refractivity contribution is 5.79. The highest BCUT2D eigenvalue weighted by Crippen LogP contribution is 2.26. The molecule has 2 aromatic rings. The smallest absolute Gasteiger partial charge is 0.213 e. The van der Waals surface area contributed by atoms with Gasteiger partial charge in [0.05, 0.1) is 6.54 Å². The van der Waals surface area contributed by atoms with Gasteiger partial charge in [0.2, 0.25) is 5.88 Å². The van der Waals surface area contributed by atoms with E-state index in [2.05, 4.69) is 51.5 Å². The van der Waals surface area contributed by atoms with Crippen LogP contribution in [0.15, 0.2) is 23.3 Å². The molecular formula is C24H37N7O. The number of aryl methyl sites for hydroxylation is 1. The van der Waals surface area contributed by atoms with Gasteiger partial charge in [-0.3, -0.25) is 4.99 Å². The summed E-state index contributed by atoms with van der Waals surface area (Å²) >= 11 is 0. The lowest BCUT2D eigenvalue weighted by Gasteiger charge is -2.26. The van der Waals surface area contributed by atoms with Crippen LogP contribution in [0.4, 0.5) is 0 Å². The van der Waals surface area contributed by atoms with Crippen molar-refractivity contribution < 1.29 is 4.74 Å². The Labute approximate surface area is 191 Å². The number of pyridine rings is 1. The summed E-state index contributed by atoms with van der Waals surface area (Å²) in [6.07, 6.45) is 8.79. The Morgan fingerprint density at radius 1 is 1.25 bits per heavy atom. The van der Waals surface area contributed by atoms with Gasteiger partial charge in [-0.05, 0) is 49.7 Å². The number of fused-ring (bicyclic) bond motifs is 1. The second kappa shape index (κ2) is 10.3. The second-order valence-electron chi connectivity index (χ2n) is 9.53. The molecule has 1 aliphatic carbocycles. The first-order valence-electron chi connectivity index (χ1n) is 12.0. The Balaban J connectivity index is 1.28. The number of nitrogens with one attached hydrogen (secondary N) is 2. The van der Waals surface area contributed by atoms with Crippen molar-refractivity contribution in [3.05, 3.63) is 35.5 Å². The van der Waals surface area contributed by atoms with Gasteiger partial charge in [0.25, 0.3) is 0 Å². The molecule has 2 N–H and O–H groups in total. The Kier molecular flexibility index (Phi) is 7.27. The van der Waals surface area contributed by atoms with Crippen LogP contribution in [0.2, 0.25) is 0 Å². The molecule has 0 radical (unpaired) electrons. The van der Waals surface area contributed by atoms with E-state index in [-0.39, 0.29) is 6.04 Å². The van der Waals surface area contributed by atoms with Crippen molar-refractivity contribution in [1.82, 2.24) is 30.4 Å². The Morgan fingerprint density at radius 3 is 2.81 bits per heavy atom. The van der Waals surface area contributed by atoms with E-state index in [0.717, 1.165) is 67.2 Å². The molecule has 1 aliphatic heterocycles. The van der Waals surface area contributed by atoms with Crippen LogP contribution in [-0.4, -0.2) is 44.9 Å². The van der Waals surface area contributed by atoms with Gasteiger partial charge in [-0.15, -0.1) is 0 Å². The van der Waals surface area contributed by atoms with Crippen molar-refractivity contribution in [2.24, 2.45) is 10.9 Å². The third-order valence-electron chi connectivity index (χ3n) is 6.46. The quantitative estimate of drug-likeness (QED) is 0.529. The zero-order valence-corrected chi connectivity index (χ0v) is 19.8. The number of aliphatic imine (C=N–C) groups is 1. The lowest BCUT2D eigenvalue weighted by molar-refractivity contribution is 0.130. The predicted molar refractivity (Wildman–Crippen MR) is 126 cm³/mol. The van der Waals surface area contributed by atoms with E-state index in [0.29, 0.717) is 18.6 Å². The van der Waals surface area contributed by atoms with Crippen LogP contribution < -0.4 is 15.4 Å². The van der Waals surface area contributed by atoms with E-state index in [1.165, 1.54) is 12.8 Å². The van der Waals surface area contributed by atoms with Crippen molar-refractivity contribution >= 4 is 5.96 Å². The fourth-order valence-corrected chi connectivity index (χ4v) is 4.41. The molecule has 0 amide bonds. The van der Waals surface area contributed by atoms with Crippen molar-refractivity contribution in [1.29, 1.82) is 0 Å².